The molecule has 0 aromatic heterocycles. The maximum Gasteiger partial charge on any atom is 0.231 e. The molecule has 1 aliphatic heterocycles. The SMILES string of the molecule is CC(C)(C)C(=O)Nc1cccc(NC(=O)CCc2ccc3c(c2)OCO3)c1. The molecule has 6 heteroatoms. The molecule has 3 rings (SSSR count). The van der Waals surface area contributed by atoms with Crippen molar-refractivity contribution < 1.29 is 19.1 Å². The number of hydrogen-bond acceptors (Lipinski definition) is 4. The van der Waals surface area contributed by atoms with E-state index < -0.39 is 5.41 Å². The number of hydrogen-bond donors (Lipinski definition) is 2. The van der Waals surface area contributed by atoms with Gasteiger partial charge in [-0.2, -0.15) is 0 Å². The third-order valence-electron chi connectivity index (χ3n) is 4.16. The number of fused-ring (bicyclic) bond motifs is 1. The Kier molecular flexibility index (Phi) is 5.35. The highest BCUT2D eigenvalue weighted by atomic mass is 16.7. The molecule has 142 valence electrons. The molecule has 0 saturated heterocycles. The van der Waals surface area contributed by atoms with E-state index >= 15 is 0 Å². The van der Waals surface area contributed by atoms with E-state index in [1.165, 1.54) is 0 Å². The lowest BCUT2D eigenvalue weighted by Crippen LogP contribution is -2.27. The van der Waals surface area contributed by atoms with Gasteiger partial charge in [-0.1, -0.05) is 32.9 Å². The van der Waals surface area contributed by atoms with Gasteiger partial charge in [-0.25, -0.2) is 0 Å². The van der Waals surface area contributed by atoms with Crippen LogP contribution in [0.5, 0.6) is 11.5 Å². The van der Waals surface area contributed by atoms with Crippen molar-refractivity contribution in [3.05, 3.63) is 48.0 Å². The molecule has 0 spiro atoms. The van der Waals surface area contributed by atoms with E-state index in [0.717, 1.165) is 17.1 Å². The molecule has 2 N–H and O–H groups in total. The van der Waals surface area contributed by atoms with Crippen LogP contribution < -0.4 is 20.1 Å². The number of carbonyl (C=O) groups excluding carboxylic acids is 2. The first kappa shape index (κ1) is 18.8. The summed E-state index contributed by atoms with van der Waals surface area (Å²) in [5.74, 6) is 1.29. The van der Waals surface area contributed by atoms with Crippen molar-refractivity contribution in [3.63, 3.8) is 0 Å². The number of anilines is 2. The second-order valence-corrected chi connectivity index (χ2v) is 7.52. The molecule has 0 aliphatic carbocycles. The van der Waals surface area contributed by atoms with Crippen LogP contribution in [0.15, 0.2) is 42.5 Å². The molecule has 2 aromatic carbocycles. The highest BCUT2D eigenvalue weighted by molar-refractivity contribution is 5.96. The Balaban J connectivity index is 1.55. The van der Waals surface area contributed by atoms with Crippen molar-refractivity contribution in [2.75, 3.05) is 17.4 Å². The number of nitrogens with one attached hydrogen (secondary N) is 2. The van der Waals surface area contributed by atoms with Crippen molar-refractivity contribution in [1.29, 1.82) is 0 Å². The van der Waals surface area contributed by atoms with E-state index in [0.29, 0.717) is 24.2 Å². The minimum Gasteiger partial charge on any atom is -0.454 e. The van der Waals surface area contributed by atoms with Crippen LogP contribution in [0.1, 0.15) is 32.8 Å². The Labute approximate surface area is 158 Å². The Morgan fingerprint density at radius 2 is 1.67 bits per heavy atom. The summed E-state index contributed by atoms with van der Waals surface area (Å²) in [5, 5.41) is 5.73. The normalized spacial score (nSPS) is 12.6. The van der Waals surface area contributed by atoms with Crippen molar-refractivity contribution in [3.8, 4) is 11.5 Å². The second kappa shape index (κ2) is 7.70. The maximum absolute atomic E-state index is 12.3. The summed E-state index contributed by atoms with van der Waals surface area (Å²) in [5.41, 5.74) is 1.84. The number of ether oxygens (including phenoxy) is 2. The smallest absolute Gasteiger partial charge is 0.231 e. The van der Waals surface area contributed by atoms with E-state index in [4.69, 9.17) is 9.47 Å². The topological polar surface area (TPSA) is 76.7 Å². The molecule has 27 heavy (non-hydrogen) atoms. The highest BCUT2D eigenvalue weighted by Crippen LogP contribution is 2.32. The van der Waals surface area contributed by atoms with Crippen LogP contribution in [0.2, 0.25) is 0 Å². The Morgan fingerprint density at radius 1 is 0.963 bits per heavy atom. The Bertz CT molecular complexity index is 856. The largest absolute Gasteiger partial charge is 0.454 e. The summed E-state index contributed by atoms with van der Waals surface area (Å²) < 4.78 is 10.6. The molecule has 0 atom stereocenters. The summed E-state index contributed by atoms with van der Waals surface area (Å²) in [7, 11) is 0. The van der Waals surface area contributed by atoms with Gasteiger partial charge in [0.1, 0.15) is 0 Å². The summed E-state index contributed by atoms with van der Waals surface area (Å²) in [6.45, 7) is 5.79. The van der Waals surface area contributed by atoms with E-state index in [2.05, 4.69) is 10.6 Å². The fourth-order valence-corrected chi connectivity index (χ4v) is 2.57. The van der Waals surface area contributed by atoms with Gasteiger partial charge >= 0.3 is 0 Å². The van der Waals surface area contributed by atoms with Gasteiger partial charge in [0, 0.05) is 23.2 Å². The van der Waals surface area contributed by atoms with Crippen LogP contribution in [0.25, 0.3) is 0 Å². The molecule has 2 amide bonds. The zero-order chi connectivity index (χ0) is 19.4. The first-order valence-electron chi connectivity index (χ1n) is 8.91. The van der Waals surface area contributed by atoms with E-state index in [1.807, 2.05) is 39.0 Å². The number of rotatable bonds is 5. The summed E-state index contributed by atoms with van der Waals surface area (Å²) >= 11 is 0. The molecular formula is C21H24N2O4. The average Bonchev–Trinajstić information content (AvgIpc) is 3.07. The van der Waals surface area contributed by atoms with E-state index in [1.54, 1.807) is 24.3 Å². The van der Waals surface area contributed by atoms with E-state index in [9.17, 15) is 9.59 Å². The summed E-state index contributed by atoms with van der Waals surface area (Å²) in [6.07, 6.45) is 0.946. The molecule has 2 aromatic rings. The van der Waals surface area contributed by atoms with Crippen LogP contribution in [0.4, 0.5) is 11.4 Å². The summed E-state index contributed by atoms with van der Waals surface area (Å²) in [6, 6.07) is 12.8. The zero-order valence-corrected chi connectivity index (χ0v) is 15.8. The number of aryl methyl sites for hydroxylation is 1. The first-order valence-corrected chi connectivity index (χ1v) is 8.91. The van der Waals surface area contributed by atoms with Crippen LogP contribution >= 0.6 is 0 Å². The van der Waals surface area contributed by atoms with Crippen molar-refractivity contribution in [2.24, 2.45) is 5.41 Å². The predicted molar refractivity (Wildman–Crippen MR) is 104 cm³/mol. The van der Waals surface area contributed by atoms with Gasteiger partial charge in [0.05, 0.1) is 0 Å². The number of benzene rings is 2. The second-order valence-electron chi connectivity index (χ2n) is 7.52. The molecular weight excluding hydrogens is 344 g/mol. The molecule has 0 radical (unpaired) electrons. The van der Waals surface area contributed by atoms with Crippen molar-refractivity contribution in [2.45, 2.75) is 33.6 Å². The summed E-state index contributed by atoms with van der Waals surface area (Å²) in [4.78, 5) is 24.3. The fraction of sp³-hybridized carbons (Fsp3) is 0.333. The lowest BCUT2D eigenvalue weighted by Gasteiger charge is -2.18. The standard InChI is InChI=1S/C21H24N2O4/c1-21(2,3)20(25)23-16-6-4-5-15(12-16)22-19(24)10-8-14-7-9-17-18(11-14)27-13-26-17/h4-7,9,11-12H,8,10,13H2,1-3H3,(H,22,24)(H,23,25). The average molecular weight is 368 g/mol. The van der Waals surface area contributed by atoms with Crippen LogP contribution in [0.3, 0.4) is 0 Å². The van der Waals surface area contributed by atoms with Crippen LogP contribution in [-0.4, -0.2) is 18.6 Å². The van der Waals surface area contributed by atoms with Gasteiger partial charge in [0.25, 0.3) is 0 Å². The first-order chi connectivity index (χ1) is 12.8. The zero-order valence-electron chi connectivity index (χ0n) is 15.8. The lowest BCUT2D eigenvalue weighted by atomic mass is 9.95. The predicted octanol–water partition coefficient (Wildman–Crippen LogP) is 3.97. The van der Waals surface area contributed by atoms with Crippen molar-refractivity contribution >= 4 is 23.2 Å². The number of amides is 2. The van der Waals surface area contributed by atoms with Crippen LogP contribution in [0, 0.1) is 5.41 Å². The fourth-order valence-electron chi connectivity index (χ4n) is 2.57. The Morgan fingerprint density at radius 3 is 2.41 bits per heavy atom. The van der Waals surface area contributed by atoms with Crippen LogP contribution in [-0.2, 0) is 16.0 Å². The molecule has 0 bridgehead atoms. The van der Waals surface area contributed by atoms with Gasteiger partial charge in [0.15, 0.2) is 11.5 Å². The molecule has 0 saturated carbocycles. The quantitative estimate of drug-likeness (QED) is 0.837. The Hall–Kier alpha value is -3.02. The highest BCUT2D eigenvalue weighted by Gasteiger charge is 2.21. The minimum atomic E-state index is -0.482. The molecule has 0 fully saturated rings. The van der Waals surface area contributed by atoms with E-state index in [-0.39, 0.29) is 18.6 Å². The molecule has 1 heterocycles. The van der Waals surface area contributed by atoms with Gasteiger partial charge in [-0.3, -0.25) is 9.59 Å². The molecule has 1 aliphatic rings. The minimum absolute atomic E-state index is 0.0752. The monoisotopic (exact) mass is 368 g/mol. The number of carbonyl (C=O) groups is 2. The maximum atomic E-state index is 12.3. The van der Waals surface area contributed by atoms with Gasteiger partial charge in [0.2, 0.25) is 18.6 Å². The van der Waals surface area contributed by atoms with Gasteiger partial charge in [-0.15, -0.1) is 0 Å². The third-order valence-corrected chi connectivity index (χ3v) is 4.16. The van der Waals surface area contributed by atoms with Crippen molar-refractivity contribution in [1.82, 2.24) is 0 Å². The third kappa shape index (κ3) is 5.00. The van der Waals surface area contributed by atoms with Gasteiger partial charge in [-0.05, 0) is 42.3 Å². The molecule has 6 nitrogen and oxygen atoms in total. The lowest BCUT2D eigenvalue weighted by molar-refractivity contribution is -0.123. The van der Waals surface area contributed by atoms with Gasteiger partial charge < -0.3 is 20.1 Å². The molecule has 0 unspecified atom stereocenters.